The molecular formula is C20H19F3N4O. The summed E-state index contributed by atoms with van der Waals surface area (Å²) in [5.74, 6) is 1.28. The molecule has 0 aliphatic carbocycles. The molecule has 0 fully saturated rings. The summed E-state index contributed by atoms with van der Waals surface area (Å²) in [5.41, 5.74) is 3.88. The summed E-state index contributed by atoms with van der Waals surface area (Å²) in [6.07, 6.45) is -1.82. The first-order chi connectivity index (χ1) is 13.3. The zero-order valence-electron chi connectivity index (χ0n) is 15.5. The van der Waals surface area contributed by atoms with Crippen LogP contribution in [0.5, 0.6) is 0 Å². The summed E-state index contributed by atoms with van der Waals surface area (Å²) in [7, 11) is 0. The lowest BCUT2D eigenvalue weighted by Crippen LogP contribution is -2.31. The number of nitrogens with zero attached hydrogens (tertiary/aromatic N) is 4. The molecule has 0 saturated carbocycles. The number of alkyl halides is 3. The molecule has 2 aromatic heterocycles. The van der Waals surface area contributed by atoms with Gasteiger partial charge >= 0.3 is 6.18 Å². The fourth-order valence-corrected chi connectivity index (χ4v) is 3.41. The van der Waals surface area contributed by atoms with E-state index in [-0.39, 0.29) is 0 Å². The third-order valence-corrected chi connectivity index (χ3v) is 5.05. The highest BCUT2D eigenvalue weighted by Gasteiger charge is 2.30. The Kier molecular flexibility index (Phi) is 4.66. The van der Waals surface area contributed by atoms with Crippen molar-refractivity contribution in [1.29, 1.82) is 0 Å². The van der Waals surface area contributed by atoms with Crippen molar-refractivity contribution in [1.82, 2.24) is 20.0 Å². The van der Waals surface area contributed by atoms with Crippen molar-refractivity contribution in [3.05, 3.63) is 64.3 Å². The molecule has 8 heteroatoms. The third kappa shape index (κ3) is 3.64. The molecule has 0 unspecified atom stereocenters. The molecule has 146 valence electrons. The van der Waals surface area contributed by atoms with Crippen LogP contribution in [0.1, 0.15) is 33.8 Å². The first-order valence-corrected chi connectivity index (χ1v) is 8.98. The smallest absolute Gasteiger partial charge is 0.361 e. The molecule has 0 radical (unpaired) electrons. The number of halogens is 3. The summed E-state index contributed by atoms with van der Waals surface area (Å²) in [6, 6.07) is 4.95. The minimum atomic E-state index is -4.35. The van der Waals surface area contributed by atoms with Crippen LogP contribution in [-0.4, -0.2) is 26.6 Å². The van der Waals surface area contributed by atoms with Gasteiger partial charge in [-0.1, -0.05) is 17.3 Å². The molecule has 0 atom stereocenters. The van der Waals surface area contributed by atoms with Crippen molar-refractivity contribution in [3.63, 3.8) is 0 Å². The molecule has 1 aliphatic heterocycles. The highest BCUT2D eigenvalue weighted by molar-refractivity contribution is 5.56. The highest BCUT2D eigenvalue weighted by atomic mass is 19.4. The van der Waals surface area contributed by atoms with Gasteiger partial charge in [0, 0.05) is 48.9 Å². The van der Waals surface area contributed by atoms with Gasteiger partial charge in [-0.2, -0.15) is 13.2 Å². The Bertz CT molecular complexity index is 976. The van der Waals surface area contributed by atoms with E-state index in [0.29, 0.717) is 17.9 Å². The number of benzene rings is 1. The van der Waals surface area contributed by atoms with Crippen molar-refractivity contribution < 1.29 is 17.7 Å². The summed E-state index contributed by atoms with van der Waals surface area (Å²) in [4.78, 5) is 11.3. The van der Waals surface area contributed by atoms with E-state index in [1.807, 2.05) is 13.8 Å². The Balaban J connectivity index is 1.51. The predicted molar refractivity (Wildman–Crippen MR) is 96.3 cm³/mol. The van der Waals surface area contributed by atoms with Crippen molar-refractivity contribution >= 4 is 0 Å². The van der Waals surface area contributed by atoms with E-state index in [4.69, 9.17) is 4.52 Å². The van der Waals surface area contributed by atoms with Gasteiger partial charge in [0.2, 0.25) is 0 Å². The van der Waals surface area contributed by atoms with Crippen molar-refractivity contribution in [3.8, 4) is 11.4 Å². The van der Waals surface area contributed by atoms with Crippen LogP contribution in [-0.2, 0) is 25.7 Å². The fraction of sp³-hybridized carbons (Fsp3) is 0.350. The van der Waals surface area contributed by atoms with Crippen LogP contribution in [0, 0.1) is 13.8 Å². The maximum Gasteiger partial charge on any atom is 0.416 e. The van der Waals surface area contributed by atoms with Crippen LogP contribution in [0.4, 0.5) is 13.2 Å². The molecule has 5 nitrogen and oxygen atoms in total. The second kappa shape index (κ2) is 7.01. The standard InChI is InChI=1S/C20H19F3N4O/c1-12-17(13(2)28-26-12)11-27-8-7-18-15(10-27)9-24-19(25-18)14-3-5-16(6-4-14)20(21,22)23/h3-6,9H,7-8,10-11H2,1-2H3. The zero-order chi connectivity index (χ0) is 19.9. The molecule has 0 saturated heterocycles. The number of aryl methyl sites for hydroxylation is 2. The van der Waals surface area contributed by atoms with Crippen LogP contribution in [0.2, 0.25) is 0 Å². The molecule has 0 amide bonds. The summed E-state index contributed by atoms with van der Waals surface area (Å²) < 4.78 is 43.4. The SMILES string of the molecule is Cc1noc(C)c1CN1CCc2nc(-c3ccc(C(F)(F)F)cc3)ncc2C1. The monoisotopic (exact) mass is 388 g/mol. The van der Waals surface area contributed by atoms with Gasteiger partial charge in [-0.3, -0.25) is 4.90 Å². The van der Waals surface area contributed by atoms with E-state index < -0.39 is 11.7 Å². The molecule has 3 heterocycles. The van der Waals surface area contributed by atoms with Crippen LogP contribution < -0.4 is 0 Å². The Morgan fingerprint density at radius 2 is 1.89 bits per heavy atom. The number of fused-ring (bicyclic) bond motifs is 1. The topological polar surface area (TPSA) is 55.1 Å². The van der Waals surface area contributed by atoms with Gasteiger partial charge in [-0.15, -0.1) is 0 Å². The Hall–Kier alpha value is -2.74. The fourth-order valence-electron chi connectivity index (χ4n) is 3.41. The van der Waals surface area contributed by atoms with Crippen LogP contribution in [0.15, 0.2) is 35.0 Å². The molecule has 28 heavy (non-hydrogen) atoms. The molecule has 0 spiro atoms. The van der Waals surface area contributed by atoms with E-state index in [0.717, 1.165) is 59.9 Å². The second-order valence-electron chi connectivity index (χ2n) is 7.00. The van der Waals surface area contributed by atoms with Crippen LogP contribution in [0.3, 0.4) is 0 Å². The molecule has 1 aromatic carbocycles. The van der Waals surface area contributed by atoms with Crippen LogP contribution in [0.25, 0.3) is 11.4 Å². The predicted octanol–water partition coefficient (Wildman–Crippen LogP) is 4.33. The van der Waals surface area contributed by atoms with E-state index >= 15 is 0 Å². The summed E-state index contributed by atoms with van der Waals surface area (Å²) >= 11 is 0. The lowest BCUT2D eigenvalue weighted by molar-refractivity contribution is -0.137. The molecule has 0 bridgehead atoms. The lowest BCUT2D eigenvalue weighted by Gasteiger charge is -2.28. The first-order valence-electron chi connectivity index (χ1n) is 8.98. The quantitative estimate of drug-likeness (QED) is 0.669. The largest absolute Gasteiger partial charge is 0.416 e. The maximum atomic E-state index is 12.7. The van der Waals surface area contributed by atoms with Crippen molar-refractivity contribution in [2.75, 3.05) is 6.54 Å². The molecule has 3 aromatic rings. The average molecular weight is 388 g/mol. The number of hydrogen-bond acceptors (Lipinski definition) is 5. The third-order valence-electron chi connectivity index (χ3n) is 5.05. The zero-order valence-corrected chi connectivity index (χ0v) is 15.5. The maximum absolute atomic E-state index is 12.7. The van der Waals surface area contributed by atoms with Gasteiger partial charge in [0.1, 0.15) is 5.76 Å². The molecule has 4 rings (SSSR count). The van der Waals surface area contributed by atoms with E-state index in [2.05, 4.69) is 20.0 Å². The van der Waals surface area contributed by atoms with Gasteiger partial charge in [-0.25, -0.2) is 9.97 Å². The van der Waals surface area contributed by atoms with Gasteiger partial charge < -0.3 is 4.52 Å². The van der Waals surface area contributed by atoms with E-state index in [1.165, 1.54) is 12.1 Å². The van der Waals surface area contributed by atoms with Gasteiger partial charge in [-0.05, 0) is 26.0 Å². The Morgan fingerprint density at radius 1 is 1.14 bits per heavy atom. The number of rotatable bonds is 3. The van der Waals surface area contributed by atoms with Gasteiger partial charge in [0.15, 0.2) is 5.82 Å². The van der Waals surface area contributed by atoms with Crippen molar-refractivity contribution in [2.24, 2.45) is 0 Å². The molecule has 1 aliphatic rings. The second-order valence-corrected chi connectivity index (χ2v) is 7.00. The number of aromatic nitrogens is 3. The lowest BCUT2D eigenvalue weighted by atomic mass is 10.0. The normalized spacial score (nSPS) is 14.9. The number of hydrogen-bond donors (Lipinski definition) is 0. The Morgan fingerprint density at radius 3 is 2.54 bits per heavy atom. The Labute approximate surface area is 160 Å². The van der Waals surface area contributed by atoms with E-state index in [9.17, 15) is 13.2 Å². The van der Waals surface area contributed by atoms with Crippen LogP contribution >= 0.6 is 0 Å². The molecule has 0 N–H and O–H groups in total. The van der Waals surface area contributed by atoms with E-state index in [1.54, 1.807) is 6.20 Å². The average Bonchev–Trinajstić information content (AvgIpc) is 2.99. The van der Waals surface area contributed by atoms with Gasteiger partial charge in [0.25, 0.3) is 0 Å². The first kappa shape index (κ1) is 18.6. The van der Waals surface area contributed by atoms with Gasteiger partial charge in [0.05, 0.1) is 17.0 Å². The molecular weight excluding hydrogens is 369 g/mol. The minimum absolute atomic E-state index is 0.451. The van der Waals surface area contributed by atoms with Crippen molar-refractivity contribution in [2.45, 2.75) is 39.5 Å². The minimum Gasteiger partial charge on any atom is -0.361 e. The summed E-state index contributed by atoms with van der Waals surface area (Å²) in [5, 5.41) is 4.00. The highest BCUT2D eigenvalue weighted by Crippen LogP contribution is 2.30. The summed E-state index contributed by atoms with van der Waals surface area (Å²) in [6.45, 7) is 6.14.